The quantitative estimate of drug-likeness (QED) is 0.863. The van der Waals surface area contributed by atoms with Gasteiger partial charge in [0.05, 0.1) is 6.04 Å². The summed E-state index contributed by atoms with van der Waals surface area (Å²) in [5.41, 5.74) is 3.75. The van der Waals surface area contributed by atoms with E-state index in [0.29, 0.717) is 6.54 Å². The van der Waals surface area contributed by atoms with Crippen molar-refractivity contribution in [3.05, 3.63) is 65.7 Å². The zero-order chi connectivity index (χ0) is 19.9. The van der Waals surface area contributed by atoms with Crippen LogP contribution in [0, 0.1) is 6.92 Å². The van der Waals surface area contributed by atoms with Crippen LogP contribution in [0.1, 0.15) is 23.6 Å². The van der Waals surface area contributed by atoms with Gasteiger partial charge in [-0.2, -0.15) is 0 Å². The predicted octanol–water partition coefficient (Wildman–Crippen LogP) is 3.52. The van der Waals surface area contributed by atoms with E-state index >= 15 is 0 Å². The van der Waals surface area contributed by atoms with Crippen LogP contribution in [0.5, 0.6) is 0 Å². The second-order valence-electron chi connectivity index (χ2n) is 7.69. The third-order valence-corrected chi connectivity index (χ3v) is 5.52. The second kappa shape index (κ2) is 9.60. The minimum Gasteiger partial charge on any atom is -0.370 e. The molecule has 2 aromatic rings. The van der Waals surface area contributed by atoms with Gasteiger partial charge in [0.1, 0.15) is 0 Å². The van der Waals surface area contributed by atoms with Crippen molar-refractivity contribution < 1.29 is 4.79 Å². The van der Waals surface area contributed by atoms with E-state index in [-0.39, 0.29) is 12.1 Å². The number of carbonyl (C=O) groups excluding carboxylic acids is 1. The number of carbonyl (C=O) groups is 1. The number of rotatable bonds is 5. The number of likely N-dealkylation sites (N-methyl/N-ethyl adjacent to an activating group) is 1. The molecule has 1 N–H and O–H groups in total. The fourth-order valence-electron chi connectivity index (χ4n) is 3.84. The molecule has 5 heteroatoms. The molecule has 0 saturated carbocycles. The summed E-state index contributed by atoms with van der Waals surface area (Å²) in [5, 5.41) is 3.17. The normalized spacial score (nSPS) is 16.0. The van der Waals surface area contributed by atoms with E-state index in [1.54, 1.807) is 0 Å². The standard InChI is InChI=1S/C23H32N4O/c1-19-10-7-8-13-21(19)22(25(2)3)18-24-23(28)27-15-9-14-26(16-17-27)20-11-5-4-6-12-20/h4-8,10-13,22H,9,14-18H2,1-3H3,(H,24,28)/t22-/m1/s1. The topological polar surface area (TPSA) is 38.8 Å². The molecule has 1 saturated heterocycles. The van der Waals surface area contributed by atoms with Crippen molar-refractivity contribution in [2.45, 2.75) is 19.4 Å². The molecule has 0 radical (unpaired) electrons. The van der Waals surface area contributed by atoms with Crippen LogP contribution in [-0.2, 0) is 0 Å². The van der Waals surface area contributed by atoms with Crippen molar-refractivity contribution in [1.29, 1.82) is 0 Å². The van der Waals surface area contributed by atoms with Gasteiger partial charge in [-0.25, -0.2) is 4.79 Å². The van der Waals surface area contributed by atoms with Crippen molar-refractivity contribution >= 4 is 11.7 Å². The SMILES string of the molecule is Cc1ccccc1[C@@H](CNC(=O)N1CCCN(c2ccccc2)CC1)N(C)C. The van der Waals surface area contributed by atoms with Crippen molar-refractivity contribution in [3.8, 4) is 0 Å². The van der Waals surface area contributed by atoms with E-state index in [2.05, 4.69) is 84.7 Å². The minimum absolute atomic E-state index is 0.0374. The van der Waals surface area contributed by atoms with Gasteiger partial charge in [-0.15, -0.1) is 0 Å². The van der Waals surface area contributed by atoms with Gasteiger partial charge in [0.25, 0.3) is 0 Å². The molecular weight excluding hydrogens is 348 g/mol. The van der Waals surface area contributed by atoms with Crippen LogP contribution in [-0.4, -0.2) is 62.7 Å². The van der Waals surface area contributed by atoms with Crippen molar-refractivity contribution in [1.82, 2.24) is 15.1 Å². The first-order chi connectivity index (χ1) is 13.6. The molecule has 1 atom stereocenters. The maximum Gasteiger partial charge on any atom is 0.317 e. The first-order valence-corrected chi connectivity index (χ1v) is 10.1. The first kappa shape index (κ1) is 20.2. The number of hydrogen-bond acceptors (Lipinski definition) is 3. The van der Waals surface area contributed by atoms with E-state index in [1.807, 2.05) is 11.0 Å². The Morgan fingerprint density at radius 3 is 2.43 bits per heavy atom. The Hall–Kier alpha value is -2.53. The smallest absolute Gasteiger partial charge is 0.317 e. The molecule has 1 heterocycles. The summed E-state index contributed by atoms with van der Waals surface area (Å²) in [4.78, 5) is 19.3. The van der Waals surface area contributed by atoms with Gasteiger partial charge in [0.15, 0.2) is 0 Å². The maximum atomic E-state index is 12.8. The largest absolute Gasteiger partial charge is 0.370 e. The van der Waals surface area contributed by atoms with Crippen LogP contribution in [0.25, 0.3) is 0 Å². The summed E-state index contributed by atoms with van der Waals surface area (Å²) >= 11 is 0. The number of aryl methyl sites for hydroxylation is 1. The first-order valence-electron chi connectivity index (χ1n) is 10.1. The van der Waals surface area contributed by atoms with Crippen LogP contribution < -0.4 is 10.2 Å². The molecule has 0 unspecified atom stereocenters. The van der Waals surface area contributed by atoms with Crippen LogP contribution >= 0.6 is 0 Å². The third kappa shape index (κ3) is 5.04. The highest BCUT2D eigenvalue weighted by Gasteiger charge is 2.22. The number of benzene rings is 2. The molecule has 1 aliphatic rings. The van der Waals surface area contributed by atoms with Gasteiger partial charge in [0.2, 0.25) is 0 Å². The van der Waals surface area contributed by atoms with Crippen molar-refractivity contribution in [2.24, 2.45) is 0 Å². The van der Waals surface area contributed by atoms with Gasteiger partial charge in [-0.3, -0.25) is 0 Å². The van der Waals surface area contributed by atoms with E-state index in [4.69, 9.17) is 0 Å². The van der Waals surface area contributed by atoms with Gasteiger partial charge in [0, 0.05) is 38.4 Å². The number of nitrogens with one attached hydrogen (secondary N) is 1. The highest BCUT2D eigenvalue weighted by molar-refractivity contribution is 5.74. The molecule has 28 heavy (non-hydrogen) atoms. The molecule has 0 aliphatic carbocycles. The third-order valence-electron chi connectivity index (χ3n) is 5.52. The summed E-state index contributed by atoms with van der Waals surface area (Å²) in [6.07, 6.45) is 0.983. The average molecular weight is 381 g/mol. The lowest BCUT2D eigenvalue weighted by molar-refractivity contribution is 0.195. The Morgan fingerprint density at radius 1 is 1.00 bits per heavy atom. The molecule has 0 aromatic heterocycles. The lowest BCUT2D eigenvalue weighted by Gasteiger charge is -2.28. The van der Waals surface area contributed by atoms with Crippen molar-refractivity contribution in [2.75, 3.05) is 51.7 Å². The Kier molecular flexibility index (Phi) is 6.93. The number of amides is 2. The van der Waals surface area contributed by atoms with Gasteiger partial charge >= 0.3 is 6.03 Å². The monoisotopic (exact) mass is 380 g/mol. The molecule has 0 spiro atoms. The summed E-state index contributed by atoms with van der Waals surface area (Å²) < 4.78 is 0. The van der Waals surface area contributed by atoms with Crippen LogP contribution in [0.15, 0.2) is 54.6 Å². The second-order valence-corrected chi connectivity index (χ2v) is 7.69. The minimum atomic E-state index is 0.0374. The van der Waals surface area contributed by atoms with Gasteiger partial charge in [-0.05, 0) is 50.7 Å². The number of hydrogen-bond donors (Lipinski definition) is 1. The maximum absolute atomic E-state index is 12.8. The Balaban J connectivity index is 1.57. The van der Waals surface area contributed by atoms with Crippen molar-refractivity contribution in [3.63, 3.8) is 0 Å². The van der Waals surface area contributed by atoms with E-state index in [0.717, 1.165) is 32.6 Å². The van der Waals surface area contributed by atoms with Gasteiger partial charge in [-0.1, -0.05) is 42.5 Å². The number of nitrogens with zero attached hydrogens (tertiary/aromatic N) is 3. The van der Waals surface area contributed by atoms with Crippen LogP contribution in [0.2, 0.25) is 0 Å². The zero-order valence-corrected chi connectivity index (χ0v) is 17.3. The number of anilines is 1. The van der Waals surface area contributed by atoms with E-state index in [1.165, 1.54) is 16.8 Å². The molecule has 150 valence electrons. The predicted molar refractivity (Wildman–Crippen MR) is 116 cm³/mol. The molecule has 3 rings (SSSR count). The fraction of sp³-hybridized carbons (Fsp3) is 0.435. The molecule has 0 bridgehead atoms. The molecule has 1 fully saturated rings. The molecule has 2 aromatic carbocycles. The molecule has 5 nitrogen and oxygen atoms in total. The Labute approximate surface area is 168 Å². The summed E-state index contributed by atoms with van der Waals surface area (Å²) in [7, 11) is 4.12. The number of para-hydroxylation sites is 1. The van der Waals surface area contributed by atoms with E-state index < -0.39 is 0 Å². The highest BCUT2D eigenvalue weighted by Crippen LogP contribution is 2.21. The molecular formula is C23H32N4O. The zero-order valence-electron chi connectivity index (χ0n) is 17.3. The summed E-state index contributed by atoms with van der Waals surface area (Å²) in [5.74, 6) is 0. The van der Waals surface area contributed by atoms with E-state index in [9.17, 15) is 4.79 Å². The summed E-state index contributed by atoms with van der Waals surface area (Å²) in [6, 6.07) is 19.0. The Bertz CT molecular complexity index is 762. The lowest BCUT2D eigenvalue weighted by Crippen LogP contribution is -2.44. The fourth-order valence-corrected chi connectivity index (χ4v) is 3.84. The van der Waals surface area contributed by atoms with Crippen LogP contribution in [0.4, 0.5) is 10.5 Å². The van der Waals surface area contributed by atoms with Crippen LogP contribution in [0.3, 0.4) is 0 Å². The summed E-state index contributed by atoms with van der Waals surface area (Å²) in [6.45, 7) is 6.13. The molecule has 1 aliphatic heterocycles. The lowest BCUT2D eigenvalue weighted by atomic mass is 10.0. The average Bonchev–Trinajstić information content (AvgIpc) is 2.96. The molecule has 2 amide bonds. The van der Waals surface area contributed by atoms with Gasteiger partial charge < -0.3 is 20.0 Å². The Morgan fingerprint density at radius 2 is 1.71 bits per heavy atom. The highest BCUT2D eigenvalue weighted by atomic mass is 16.2. The number of urea groups is 1.